The molecule has 0 atom stereocenters. The zero-order chi connectivity index (χ0) is 23.8. The molecule has 33 heavy (non-hydrogen) atoms. The predicted molar refractivity (Wildman–Crippen MR) is 122 cm³/mol. The zero-order valence-corrected chi connectivity index (χ0v) is 18.0. The SMILES string of the molecule is Cc1cccc(OCC(=O)N/N=C/c2ccc(OC(=O)c3ccc([N+](=O)[O-])cc3)cc2)c1C. The van der Waals surface area contributed by atoms with Gasteiger partial charge in [-0.25, -0.2) is 10.2 Å². The summed E-state index contributed by atoms with van der Waals surface area (Å²) in [7, 11) is 0. The lowest BCUT2D eigenvalue weighted by atomic mass is 10.1. The molecule has 0 aliphatic carbocycles. The molecule has 0 spiro atoms. The maximum absolute atomic E-state index is 12.2. The maximum Gasteiger partial charge on any atom is 0.343 e. The highest BCUT2D eigenvalue weighted by molar-refractivity contribution is 5.91. The van der Waals surface area contributed by atoms with Crippen molar-refractivity contribution in [2.45, 2.75) is 13.8 Å². The summed E-state index contributed by atoms with van der Waals surface area (Å²) >= 11 is 0. The zero-order valence-electron chi connectivity index (χ0n) is 18.0. The van der Waals surface area contributed by atoms with E-state index < -0.39 is 16.8 Å². The van der Waals surface area contributed by atoms with E-state index in [0.717, 1.165) is 11.1 Å². The van der Waals surface area contributed by atoms with Crippen LogP contribution in [-0.4, -0.2) is 29.6 Å². The van der Waals surface area contributed by atoms with E-state index in [4.69, 9.17) is 9.47 Å². The van der Waals surface area contributed by atoms with Crippen LogP contribution < -0.4 is 14.9 Å². The van der Waals surface area contributed by atoms with E-state index >= 15 is 0 Å². The van der Waals surface area contributed by atoms with E-state index in [9.17, 15) is 19.7 Å². The van der Waals surface area contributed by atoms with Crippen molar-refractivity contribution < 1.29 is 24.0 Å². The van der Waals surface area contributed by atoms with Gasteiger partial charge in [-0.15, -0.1) is 0 Å². The topological polar surface area (TPSA) is 120 Å². The normalized spacial score (nSPS) is 10.6. The summed E-state index contributed by atoms with van der Waals surface area (Å²) in [5, 5.41) is 14.6. The molecular formula is C24H21N3O6. The lowest BCUT2D eigenvalue weighted by Crippen LogP contribution is -2.24. The minimum Gasteiger partial charge on any atom is -0.483 e. The summed E-state index contributed by atoms with van der Waals surface area (Å²) in [5.41, 5.74) is 5.19. The second kappa shape index (κ2) is 10.7. The molecule has 3 rings (SSSR count). The number of nitro benzene ring substituents is 1. The fourth-order valence-electron chi connectivity index (χ4n) is 2.74. The highest BCUT2D eigenvalue weighted by Crippen LogP contribution is 2.20. The minimum absolute atomic E-state index is 0.112. The van der Waals surface area contributed by atoms with Crippen molar-refractivity contribution in [3.8, 4) is 11.5 Å². The largest absolute Gasteiger partial charge is 0.483 e. The van der Waals surface area contributed by atoms with Crippen molar-refractivity contribution in [1.29, 1.82) is 0 Å². The van der Waals surface area contributed by atoms with Crippen LogP contribution in [0.3, 0.4) is 0 Å². The molecule has 0 aliphatic heterocycles. The lowest BCUT2D eigenvalue weighted by Gasteiger charge is -2.09. The fourth-order valence-corrected chi connectivity index (χ4v) is 2.74. The van der Waals surface area contributed by atoms with Crippen LogP contribution >= 0.6 is 0 Å². The molecule has 0 radical (unpaired) electrons. The summed E-state index contributed by atoms with van der Waals surface area (Å²) in [6, 6.07) is 17.2. The first-order valence-corrected chi connectivity index (χ1v) is 9.91. The smallest absolute Gasteiger partial charge is 0.343 e. The number of nitrogens with zero attached hydrogens (tertiary/aromatic N) is 2. The molecule has 0 heterocycles. The Morgan fingerprint density at radius 3 is 2.39 bits per heavy atom. The fraction of sp³-hybridized carbons (Fsp3) is 0.125. The third-order valence-corrected chi connectivity index (χ3v) is 4.72. The van der Waals surface area contributed by atoms with E-state index in [1.165, 1.54) is 30.5 Å². The van der Waals surface area contributed by atoms with Gasteiger partial charge in [-0.3, -0.25) is 14.9 Å². The molecule has 1 amide bonds. The molecule has 3 aromatic carbocycles. The van der Waals surface area contributed by atoms with Crippen molar-refractivity contribution in [3.63, 3.8) is 0 Å². The van der Waals surface area contributed by atoms with Gasteiger partial charge in [0, 0.05) is 12.1 Å². The van der Waals surface area contributed by atoms with E-state index in [1.807, 2.05) is 26.0 Å². The summed E-state index contributed by atoms with van der Waals surface area (Å²) < 4.78 is 10.8. The number of esters is 1. The number of aryl methyl sites for hydroxylation is 1. The van der Waals surface area contributed by atoms with Crippen LogP contribution in [-0.2, 0) is 4.79 Å². The number of hydrogen-bond acceptors (Lipinski definition) is 7. The van der Waals surface area contributed by atoms with Crippen LogP contribution in [0.2, 0.25) is 0 Å². The van der Waals surface area contributed by atoms with Crippen LogP contribution in [0.15, 0.2) is 71.8 Å². The first-order valence-electron chi connectivity index (χ1n) is 9.91. The number of carbonyl (C=O) groups excluding carboxylic acids is 2. The van der Waals surface area contributed by atoms with Gasteiger partial charge < -0.3 is 9.47 Å². The van der Waals surface area contributed by atoms with Gasteiger partial charge in [0.1, 0.15) is 11.5 Å². The second-order valence-electron chi connectivity index (χ2n) is 7.04. The summed E-state index contributed by atoms with van der Waals surface area (Å²) in [4.78, 5) is 34.2. The number of benzene rings is 3. The molecule has 0 unspecified atom stereocenters. The molecular weight excluding hydrogens is 426 g/mol. The third-order valence-electron chi connectivity index (χ3n) is 4.72. The first-order chi connectivity index (χ1) is 15.8. The van der Waals surface area contributed by atoms with Crippen LogP contribution in [0.4, 0.5) is 5.69 Å². The Hall–Kier alpha value is -4.53. The van der Waals surface area contributed by atoms with Crippen molar-refractivity contribution in [3.05, 3.63) is 99.1 Å². The molecule has 1 N–H and O–H groups in total. The van der Waals surface area contributed by atoms with Crippen molar-refractivity contribution in [2.75, 3.05) is 6.61 Å². The van der Waals surface area contributed by atoms with E-state index in [2.05, 4.69) is 10.5 Å². The molecule has 168 valence electrons. The highest BCUT2D eigenvalue weighted by Gasteiger charge is 2.11. The Bertz CT molecular complexity index is 1190. The van der Waals surface area contributed by atoms with Gasteiger partial charge in [-0.1, -0.05) is 12.1 Å². The molecule has 0 aliphatic rings. The van der Waals surface area contributed by atoms with Gasteiger partial charge in [-0.05, 0) is 73.0 Å². The first kappa shape index (κ1) is 23.1. The average molecular weight is 447 g/mol. The molecule has 0 saturated heterocycles. The number of rotatable bonds is 8. The standard InChI is InChI=1S/C24H21N3O6/c1-16-4-3-5-22(17(16)2)32-15-23(28)26-25-14-18-6-12-21(13-7-18)33-24(29)19-8-10-20(11-9-19)27(30)31/h3-14H,15H2,1-2H3,(H,26,28)/b25-14+. The van der Waals surface area contributed by atoms with Gasteiger partial charge in [0.05, 0.1) is 16.7 Å². The van der Waals surface area contributed by atoms with Crippen LogP contribution in [0.5, 0.6) is 11.5 Å². The third kappa shape index (κ3) is 6.47. The van der Waals surface area contributed by atoms with Gasteiger partial charge >= 0.3 is 5.97 Å². The number of non-ortho nitro benzene ring substituents is 1. The van der Waals surface area contributed by atoms with Gasteiger partial charge in [0.2, 0.25) is 0 Å². The Balaban J connectivity index is 1.48. The number of carbonyl (C=O) groups is 2. The van der Waals surface area contributed by atoms with E-state index in [-0.39, 0.29) is 17.9 Å². The summed E-state index contributed by atoms with van der Waals surface area (Å²) in [5.74, 6) is -0.0994. The lowest BCUT2D eigenvalue weighted by molar-refractivity contribution is -0.384. The Morgan fingerprint density at radius 2 is 1.73 bits per heavy atom. The van der Waals surface area contributed by atoms with E-state index in [0.29, 0.717) is 17.1 Å². The molecule has 9 heteroatoms. The number of nitro groups is 1. The second-order valence-corrected chi connectivity index (χ2v) is 7.04. The maximum atomic E-state index is 12.2. The number of hydrazone groups is 1. The molecule has 0 saturated carbocycles. The number of nitrogens with one attached hydrogen (secondary N) is 1. The van der Waals surface area contributed by atoms with Crippen LogP contribution in [0, 0.1) is 24.0 Å². The monoisotopic (exact) mass is 447 g/mol. The Morgan fingerprint density at radius 1 is 1.03 bits per heavy atom. The Labute approximate surface area is 189 Å². The van der Waals surface area contributed by atoms with Crippen LogP contribution in [0.25, 0.3) is 0 Å². The molecule has 0 aromatic heterocycles. The van der Waals surface area contributed by atoms with Gasteiger partial charge in [0.15, 0.2) is 6.61 Å². The quantitative estimate of drug-likeness (QED) is 0.183. The van der Waals surface area contributed by atoms with E-state index in [1.54, 1.807) is 30.3 Å². The van der Waals surface area contributed by atoms with Crippen LogP contribution in [0.1, 0.15) is 27.0 Å². The number of amides is 1. The molecule has 0 fully saturated rings. The number of ether oxygens (including phenoxy) is 2. The predicted octanol–water partition coefficient (Wildman–Crippen LogP) is 3.96. The summed E-state index contributed by atoms with van der Waals surface area (Å²) in [6.07, 6.45) is 1.44. The molecule has 3 aromatic rings. The van der Waals surface area contributed by atoms with Gasteiger partial charge in [0.25, 0.3) is 11.6 Å². The summed E-state index contributed by atoms with van der Waals surface area (Å²) in [6.45, 7) is 3.72. The highest BCUT2D eigenvalue weighted by atomic mass is 16.6. The Kier molecular flexibility index (Phi) is 7.48. The van der Waals surface area contributed by atoms with Gasteiger partial charge in [-0.2, -0.15) is 5.10 Å². The molecule has 0 bridgehead atoms. The minimum atomic E-state index is -0.637. The van der Waals surface area contributed by atoms with Crippen molar-refractivity contribution in [1.82, 2.24) is 5.43 Å². The van der Waals surface area contributed by atoms with Crippen molar-refractivity contribution >= 4 is 23.8 Å². The average Bonchev–Trinajstić information content (AvgIpc) is 2.81. The molecule has 9 nitrogen and oxygen atoms in total. The van der Waals surface area contributed by atoms with Crippen molar-refractivity contribution in [2.24, 2.45) is 5.10 Å². The number of hydrogen-bond donors (Lipinski definition) is 1.